The molecule has 2 N–H and O–H groups in total. The molecule has 2 rings (SSSR count). The standard InChI is InChI=1S/C13H15BrN4/c1-8-4-10(14)5-9(2)13(8)18-12-6-11(15-3)16-7-17-12/h4-7H,1-3H3,(H2,15,16,17,18). The van der Waals surface area contributed by atoms with Gasteiger partial charge in [0.25, 0.3) is 0 Å². The topological polar surface area (TPSA) is 49.8 Å². The zero-order valence-corrected chi connectivity index (χ0v) is 12.2. The monoisotopic (exact) mass is 306 g/mol. The van der Waals surface area contributed by atoms with E-state index in [-0.39, 0.29) is 0 Å². The maximum atomic E-state index is 4.21. The van der Waals surface area contributed by atoms with Gasteiger partial charge in [-0.25, -0.2) is 9.97 Å². The van der Waals surface area contributed by atoms with E-state index in [1.165, 1.54) is 17.5 Å². The largest absolute Gasteiger partial charge is 0.373 e. The molecule has 0 amide bonds. The van der Waals surface area contributed by atoms with Gasteiger partial charge >= 0.3 is 0 Å². The molecule has 1 aromatic carbocycles. The highest BCUT2D eigenvalue weighted by Crippen LogP contribution is 2.27. The molecule has 0 saturated heterocycles. The van der Waals surface area contributed by atoms with Crippen molar-refractivity contribution in [3.05, 3.63) is 40.1 Å². The summed E-state index contributed by atoms with van der Waals surface area (Å²) in [7, 11) is 1.84. The van der Waals surface area contributed by atoms with E-state index in [0.717, 1.165) is 21.8 Å². The number of benzene rings is 1. The van der Waals surface area contributed by atoms with Crippen molar-refractivity contribution in [3.63, 3.8) is 0 Å². The molecule has 0 spiro atoms. The molecule has 0 bridgehead atoms. The lowest BCUT2D eigenvalue weighted by atomic mass is 10.1. The molecular formula is C13H15BrN4. The van der Waals surface area contributed by atoms with Crippen LogP contribution in [0.5, 0.6) is 0 Å². The summed E-state index contributed by atoms with van der Waals surface area (Å²) in [6.45, 7) is 4.14. The van der Waals surface area contributed by atoms with Crippen LogP contribution in [0, 0.1) is 13.8 Å². The van der Waals surface area contributed by atoms with E-state index in [1.807, 2.05) is 13.1 Å². The fraction of sp³-hybridized carbons (Fsp3) is 0.231. The third-order valence-electron chi connectivity index (χ3n) is 2.67. The van der Waals surface area contributed by atoms with Gasteiger partial charge < -0.3 is 10.6 Å². The van der Waals surface area contributed by atoms with E-state index in [1.54, 1.807) is 0 Å². The van der Waals surface area contributed by atoms with Crippen molar-refractivity contribution in [1.82, 2.24) is 9.97 Å². The van der Waals surface area contributed by atoms with Gasteiger partial charge in [-0.1, -0.05) is 15.9 Å². The highest BCUT2D eigenvalue weighted by molar-refractivity contribution is 9.10. The van der Waals surface area contributed by atoms with Crippen LogP contribution in [-0.2, 0) is 0 Å². The molecule has 94 valence electrons. The number of aromatic nitrogens is 2. The molecule has 0 atom stereocenters. The van der Waals surface area contributed by atoms with Crippen LogP contribution in [0.1, 0.15) is 11.1 Å². The van der Waals surface area contributed by atoms with E-state index in [9.17, 15) is 0 Å². The molecule has 0 unspecified atom stereocenters. The summed E-state index contributed by atoms with van der Waals surface area (Å²) in [6.07, 6.45) is 1.54. The Morgan fingerprint density at radius 1 is 1.00 bits per heavy atom. The predicted molar refractivity (Wildman–Crippen MR) is 78.5 cm³/mol. The third-order valence-corrected chi connectivity index (χ3v) is 3.13. The van der Waals surface area contributed by atoms with E-state index >= 15 is 0 Å². The molecule has 0 fully saturated rings. The van der Waals surface area contributed by atoms with Crippen molar-refractivity contribution in [3.8, 4) is 0 Å². The molecule has 18 heavy (non-hydrogen) atoms. The Labute approximate surface area is 115 Å². The number of hydrogen-bond donors (Lipinski definition) is 2. The summed E-state index contributed by atoms with van der Waals surface area (Å²) in [5.74, 6) is 1.57. The number of nitrogens with zero attached hydrogens (tertiary/aromatic N) is 2. The van der Waals surface area contributed by atoms with Gasteiger partial charge in [0, 0.05) is 23.3 Å². The van der Waals surface area contributed by atoms with Gasteiger partial charge in [-0.3, -0.25) is 0 Å². The molecule has 0 aliphatic rings. The van der Waals surface area contributed by atoms with Crippen molar-refractivity contribution in [2.45, 2.75) is 13.8 Å². The zero-order chi connectivity index (χ0) is 13.1. The Morgan fingerprint density at radius 3 is 2.22 bits per heavy atom. The SMILES string of the molecule is CNc1cc(Nc2c(C)cc(Br)cc2C)ncn1. The Balaban J connectivity index is 2.33. The minimum absolute atomic E-state index is 0.780. The second kappa shape index (κ2) is 5.35. The van der Waals surface area contributed by atoms with Crippen molar-refractivity contribution in [1.29, 1.82) is 0 Å². The van der Waals surface area contributed by atoms with Crippen LogP contribution in [0.15, 0.2) is 29.0 Å². The van der Waals surface area contributed by atoms with Crippen LogP contribution in [0.25, 0.3) is 0 Å². The van der Waals surface area contributed by atoms with Crippen LogP contribution in [0.4, 0.5) is 17.3 Å². The normalized spacial score (nSPS) is 10.2. The van der Waals surface area contributed by atoms with Gasteiger partial charge in [-0.05, 0) is 37.1 Å². The van der Waals surface area contributed by atoms with Gasteiger partial charge in [0.05, 0.1) is 0 Å². The molecule has 1 heterocycles. The number of halogens is 1. The second-order valence-corrected chi connectivity index (χ2v) is 4.99. The lowest BCUT2D eigenvalue weighted by Crippen LogP contribution is -2.00. The molecule has 0 aliphatic carbocycles. The molecular weight excluding hydrogens is 292 g/mol. The van der Waals surface area contributed by atoms with E-state index in [4.69, 9.17) is 0 Å². The van der Waals surface area contributed by atoms with E-state index in [0.29, 0.717) is 0 Å². The highest BCUT2D eigenvalue weighted by atomic mass is 79.9. The zero-order valence-electron chi connectivity index (χ0n) is 10.6. The number of rotatable bonds is 3. The molecule has 2 aromatic rings. The first-order valence-corrected chi connectivity index (χ1v) is 6.43. The third kappa shape index (κ3) is 2.79. The lowest BCUT2D eigenvalue weighted by Gasteiger charge is -2.13. The highest BCUT2D eigenvalue weighted by Gasteiger charge is 2.06. The summed E-state index contributed by atoms with van der Waals surface area (Å²) in [6, 6.07) is 6.03. The number of nitrogens with one attached hydrogen (secondary N) is 2. The van der Waals surface area contributed by atoms with Crippen LogP contribution in [0.2, 0.25) is 0 Å². The average Bonchev–Trinajstić information content (AvgIpc) is 2.34. The first-order valence-electron chi connectivity index (χ1n) is 5.63. The summed E-state index contributed by atoms with van der Waals surface area (Å²) in [5.41, 5.74) is 3.43. The van der Waals surface area contributed by atoms with Gasteiger partial charge in [-0.2, -0.15) is 0 Å². The summed E-state index contributed by atoms with van der Waals surface area (Å²) in [5, 5.41) is 6.32. The summed E-state index contributed by atoms with van der Waals surface area (Å²) < 4.78 is 1.08. The molecule has 5 heteroatoms. The van der Waals surface area contributed by atoms with Gasteiger partial charge in [0.15, 0.2) is 0 Å². The quantitative estimate of drug-likeness (QED) is 0.909. The Hall–Kier alpha value is -1.62. The summed E-state index contributed by atoms with van der Waals surface area (Å²) in [4.78, 5) is 8.30. The van der Waals surface area contributed by atoms with Crippen molar-refractivity contribution >= 4 is 33.3 Å². The van der Waals surface area contributed by atoms with Crippen molar-refractivity contribution in [2.24, 2.45) is 0 Å². The maximum absolute atomic E-state index is 4.21. The van der Waals surface area contributed by atoms with Gasteiger partial charge in [-0.15, -0.1) is 0 Å². The maximum Gasteiger partial charge on any atom is 0.135 e. The number of anilines is 3. The van der Waals surface area contributed by atoms with Gasteiger partial charge in [0.1, 0.15) is 18.0 Å². The van der Waals surface area contributed by atoms with E-state index < -0.39 is 0 Å². The van der Waals surface area contributed by atoms with Crippen LogP contribution < -0.4 is 10.6 Å². The van der Waals surface area contributed by atoms with Crippen LogP contribution in [0.3, 0.4) is 0 Å². The summed E-state index contributed by atoms with van der Waals surface area (Å²) >= 11 is 3.49. The minimum Gasteiger partial charge on any atom is -0.373 e. The average molecular weight is 307 g/mol. The minimum atomic E-state index is 0.780. The second-order valence-electron chi connectivity index (χ2n) is 4.08. The Bertz CT molecular complexity index is 546. The smallest absolute Gasteiger partial charge is 0.135 e. The molecule has 0 aliphatic heterocycles. The van der Waals surface area contributed by atoms with Crippen LogP contribution in [-0.4, -0.2) is 17.0 Å². The number of aryl methyl sites for hydroxylation is 2. The lowest BCUT2D eigenvalue weighted by molar-refractivity contribution is 1.15. The van der Waals surface area contributed by atoms with Crippen molar-refractivity contribution in [2.75, 3.05) is 17.7 Å². The Kier molecular flexibility index (Phi) is 3.81. The first kappa shape index (κ1) is 12.8. The Morgan fingerprint density at radius 2 is 1.61 bits per heavy atom. The van der Waals surface area contributed by atoms with Gasteiger partial charge in [0.2, 0.25) is 0 Å². The predicted octanol–water partition coefficient (Wildman–Crippen LogP) is 3.64. The molecule has 0 radical (unpaired) electrons. The fourth-order valence-corrected chi connectivity index (χ4v) is 2.49. The fourth-order valence-electron chi connectivity index (χ4n) is 1.80. The van der Waals surface area contributed by atoms with Crippen LogP contribution >= 0.6 is 15.9 Å². The van der Waals surface area contributed by atoms with E-state index in [2.05, 4.69) is 62.5 Å². The van der Waals surface area contributed by atoms with Crippen molar-refractivity contribution < 1.29 is 0 Å². The molecule has 1 aromatic heterocycles. The number of hydrogen-bond acceptors (Lipinski definition) is 4. The molecule has 4 nitrogen and oxygen atoms in total. The first-order chi connectivity index (χ1) is 8.60. The molecule has 0 saturated carbocycles.